The third kappa shape index (κ3) is 4.17. The summed E-state index contributed by atoms with van der Waals surface area (Å²) in [5, 5.41) is 7.61. The van der Waals surface area contributed by atoms with Gasteiger partial charge < -0.3 is 10.6 Å². The fourth-order valence-corrected chi connectivity index (χ4v) is 2.44. The highest BCUT2D eigenvalue weighted by Gasteiger charge is 1.99. The lowest BCUT2D eigenvalue weighted by atomic mass is 10.1. The van der Waals surface area contributed by atoms with E-state index in [1.54, 1.807) is 0 Å². The zero-order chi connectivity index (χ0) is 14.5. The van der Waals surface area contributed by atoms with Crippen molar-refractivity contribution in [3.05, 3.63) is 58.1 Å². The molecule has 0 bridgehead atoms. The van der Waals surface area contributed by atoms with Gasteiger partial charge in [0.05, 0.1) is 0 Å². The first-order valence-corrected chi connectivity index (χ1v) is 7.24. The van der Waals surface area contributed by atoms with E-state index in [4.69, 9.17) is 11.6 Å². The van der Waals surface area contributed by atoms with E-state index in [0.29, 0.717) is 0 Å². The average molecular weight is 289 g/mol. The molecule has 0 aliphatic carbocycles. The highest BCUT2D eigenvalue weighted by Crippen LogP contribution is 2.20. The van der Waals surface area contributed by atoms with Gasteiger partial charge in [0.25, 0.3) is 0 Å². The second-order valence-corrected chi connectivity index (χ2v) is 5.63. The third-order valence-electron chi connectivity index (χ3n) is 3.19. The highest BCUT2D eigenvalue weighted by molar-refractivity contribution is 6.30. The molecule has 2 nitrogen and oxygen atoms in total. The Labute approximate surface area is 126 Å². The van der Waals surface area contributed by atoms with Crippen LogP contribution in [0.25, 0.3) is 0 Å². The Kier molecular flexibility index (Phi) is 4.91. The molecule has 0 radical (unpaired) electrons. The summed E-state index contributed by atoms with van der Waals surface area (Å²) in [4.78, 5) is 0. The first-order valence-electron chi connectivity index (χ1n) is 6.87. The molecule has 0 aliphatic rings. The third-order valence-corrected chi connectivity index (χ3v) is 3.43. The Morgan fingerprint density at radius 3 is 2.20 bits per heavy atom. The van der Waals surface area contributed by atoms with E-state index >= 15 is 0 Å². The van der Waals surface area contributed by atoms with E-state index in [9.17, 15) is 0 Å². The van der Waals surface area contributed by atoms with Gasteiger partial charge in [-0.3, -0.25) is 0 Å². The van der Waals surface area contributed by atoms with Crippen LogP contribution in [0, 0.1) is 20.8 Å². The fourth-order valence-electron chi connectivity index (χ4n) is 2.27. The van der Waals surface area contributed by atoms with Gasteiger partial charge in [0.2, 0.25) is 0 Å². The molecule has 0 saturated carbocycles. The number of halogens is 1. The molecule has 2 rings (SSSR count). The molecule has 0 aliphatic heterocycles. The molecule has 3 heteroatoms. The van der Waals surface area contributed by atoms with Gasteiger partial charge in [-0.15, -0.1) is 0 Å². The molecule has 0 atom stereocenters. The van der Waals surface area contributed by atoms with Crippen molar-refractivity contribution in [3.63, 3.8) is 0 Å². The van der Waals surface area contributed by atoms with Crippen molar-refractivity contribution in [1.29, 1.82) is 0 Å². The van der Waals surface area contributed by atoms with Crippen molar-refractivity contribution in [1.82, 2.24) is 0 Å². The van der Waals surface area contributed by atoms with Crippen molar-refractivity contribution in [2.24, 2.45) is 0 Å². The van der Waals surface area contributed by atoms with Crippen molar-refractivity contribution < 1.29 is 0 Å². The van der Waals surface area contributed by atoms with Crippen LogP contribution in [0.15, 0.2) is 36.4 Å². The average Bonchev–Trinajstić information content (AvgIpc) is 2.37. The minimum absolute atomic E-state index is 0.764. The Balaban J connectivity index is 1.86. The normalized spacial score (nSPS) is 10.4. The molecule has 0 unspecified atom stereocenters. The Morgan fingerprint density at radius 1 is 0.850 bits per heavy atom. The molecule has 2 aromatic rings. The molecule has 0 fully saturated rings. The van der Waals surface area contributed by atoms with Crippen molar-refractivity contribution in [2.45, 2.75) is 20.8 Å². The summed E-state index contributed by atoms with van der Waals surface area (Å²) >= 11 is 6.00. The van der Waals surface area contributed by atoms with E-state index in [1.807, 2.05) is 18.2 Å². The number of hydrogen-bond donors (Lipinski definition) is 2. The SMILES string of the molecule is Cc1cc(C)cc(NCCNc2cc(Cl)ccc2C)c1. The standard InChI is InChI=1S/C17H21ClN2/c1-12-8-13(2)10-16(9-12)19-6-7-20-17-11-15(18)5-4-14(17)3/h4-5,8-11,19-20H,6-7H2,1-3H3. The van der Waals surface area contributed by atoms with Gasteiger partial charge in [-0.25, -0.2) is 0 Å². The number of anilines is 2. The molecule has 0 heterocycles. The number of rotatable bonds is 5. The maximum absolute atomic E-state index is 6.00. The summed E-state index contributed by atoms with van der Waals surface area (Å²) in [6.07, 6.45) is 0. The monoisotopic (exact) mass is 288 g/mol. The zero-order valence-corrected chi connectivity index (χ0v) is 13.0. The van der Waals surface area contributed by atoms with E-state index in [-0.39, 0.29) is 0 Å². The highest BCUT2D eigenvalue weighted by atomic mass is 35.5. The minimum Gasteiger partial charge on any atom is -0.383 e. The summed E-state index contributed by atoms with van der Waals surface area (Å²) < 4.78 is 0. The predicted molar refractivity (Wildman–Crippen MR) is 89.1 cm³/mol. The topological polar surface area (TPSA) is 24.1 Å². The van der Waals surface area contributed by atoms with Crippen molar-refractivity contribution >= 4 is 23.0 Å². The first-order chi connectivity index (χ1) is 9.54. The van der Waals surface area contributed by atoms with Gasteiger partial charge in [-0.05, 0) is 61.7 Å². The molecule has 2 aromatic carbocycles. The Morgan fingerprint density at radius 2 is 1.50 bits per heavy atom. The summed E-state index contributed by atoms with van der Waals surface area (Å²) in [6, 6.07) is 12.4. The van der Waals surface area contributed by atoms with Crippen LogP contribution in [0.5, 0.6) is 0 Å². The molecule has 0 aromatic heterocycles. The molecular weight excluding hydrogens is 268 g/mol. The molecule has 106 valence electrons. The summed E-state index contributed by atoms with van der Waals surface area (Å²) in [5.74, 6) is 0. The number of nitrogens with one attached hydrogen (secondary N) is 2. The number of benzene rings is 2. The van der Waals surface area contributed by atoms with Crippen LogP contribution in [0.1, 0.15) is 16.7 Å². The van der Waals surface area contributed by atoms with Crippen LogP contribution in [-0.4, -0.2) is 13.1 Å². The zero-order valence-electron chi connectivity index (χ0n) is 12.3. The van der Waals surface area contributed by atoms with Crippen LogP contribution in [0.3, 0.4) is 0 Å². The Hall–Kier alpha value is -1.67. The van der Waals surface area contributed by atoms with Crippen LogP contribution < -0.4 is 10.6 Å². The maximum Gasteiger partial charge on any atom is 0.0426 e. The molecule has 0 amide bonds. The molecular formula is C17H21ClN2. The van der Waals surface area contributed by atoms with E-state index < -0.39 is 0 Å². The first kappa shape index (κ1) is 14.7. The number of aryl methyl sites for hydroxylation is 3. The van der Waals surface area contributed by atoms with Crippen LogP contribution in [-0.2, 0) is 0 Å². The van der Waals surface area contributed by atoms with Crippen molar-refractivity contribution in [2.75, 3.05) is 23.7 Å². The van der Waals surface area contributed by atoms with Gasteiger partial charge in [-0.2, -0.15) is 0 Å². The molecule has 0 spiro atoms. The van der Waals surface area contributed by atoms with Gasteiger partial charge in [0.15, 0.2) is 0 Å². The lowest BCUT2D eigenvalue weighted by Gasteiger charge is -2.12. The summed E-state index contributed by atoms with van der Waals surface area (Å²) in [6.45, 7) is 8.04. The number of hydrogen-bond acceptors (Lipinski definition) is 2. The lowest BCUT2D eigenvalue weighted by Crippen LogP contribution is -2.14. The minimum atomic E-state index is 0.764. The second-order valence-electron chi connectivity index (χ2n) is 5.19. The van der Waals surface area contributed by atoms with Gasteiger partial charge in [0, 0.05) is 29.5 Å². The van der Waals surface area contributed by atoms with Crippen LogP contribution in [0.2, 0.25) is 5.02 Å². The van der Waals surface area contributed by atoms with Gasteiger partial charge >= 0.3 is 0 Å². The Bertz CT molecular complexity index is 573. The molecule has 2 N–H and O–H groups in total. The van der Waals surface area contributed by atoms with E-state index in [1.165, 1.54) is 22.4 Å². The molecule has 20 heavy (non-hydrogen) atoms. The van der Waals surface area contributed by atoms with Gasteiger partial charge in [0.1, 0.15) is 0 Å². The van der Waals surface area contributed by atoms with E-state index in [2.05, 4.69) is 49.6 Å². The summed E-state index contributed by atoms with van der Waals surface area (Å²) in [7, 11) is 0. The largest absolute Gasteiger partial charge is 0.383 e. The van der Waals surface area contributed by atoms with Crippen LogP contribution >= 0.6 is 11.6 Å². The van der Waals surface area contributed by atoms with Crippen LogP contribution in [0.4, 0.5) is 11.4 Å². The lowest BCUT2D eigenvalue weighted by molar-refractivity contribution is 1.07. The quantitative estimate of drug-likeness (QED) is 0.773. The molecule has 0 saturated heterocycles. The predicted octanol–water partition coefficient (Wildman–Crippen LogP) is 4.79. The summed E-state index contributed by atoms with van der Waals surface area (Å²) in [5.41, 5.74) is 6.05. The van der Waals surface area contributed by atoms with Gasteiger partial charge in [-0.1, -0.05) is 23.7 Å². The van der Waals surface area contributed by atoms with Crippen molar-refractivity contribution in [3.8, 4) is 0 Å². The second kappa shape index (κ2) is 6.67. The smallest absolute Gasteiger partial charge is 0.0426 e. The fraction of sp³-hybridized carbons (Fsp3) is 0.294. The van der Waals surface area contributed by atoms with E-state index in [0.717, 1.165) is 23.8 Å². The maximum atomic E-state index is 6.00.